The van der Waals surface area contributed by atoms with Gasteiger partial charge in [-0.25, -0.2) is 8.42 Å². The van der Waals surface area contributed by atoms with Gasteiger partial charge in [0.05, 0.1) is 17.9 Å². The van der Waals surface area contributed by atoms with E-state index in [4.69, 9.17) is 5.11 Å². The second-order valence-electron chi connectivity index (χ2n) is 3.14. The van der Waals surface area contributed by atoms with Crippen molar-refractivity contribution < 1.29 is 18.3 Å². The van der Waals surface area contributed by atoms with Gasteiger partial charge in [0.1, 0.15) is 0 Å². The smallest absolute Gasteiger partial charge is 0.304 e. The molecule has 0 aromatic carbocycles. The van der Waals surface area contributed by atoms with Gasteiger partial charge in [0.2, 0.25) is 0 Å². The van der Waals surface area contributed by atoms with Crippen molar-refractivity contribution in [1.29, 1.82) is 0 Å². The molecule has 0 spiro atoms. The van der Waals surface area contributed by atoms with Gasteiger partial charge < -0.3 is 10.0 Å². The van der Waals surface area contributed by atoms with E-state index in [2.05, 4.69) is 0 Å². The molecule has 14 heavy (non-hydrogen) atoms. The summed E-state index contributed by atoms with van der Waals surface area (Å²) >= 11 is 0. The van der Waals surface area contributed by atoms with Gasteiger partial charge >= 0.3 is 5.97 Å². The molecule has 0 aromatic rings. The van der Waals surface area contributed by atoms with Crippen molar-refractivity contribution in [3.63, 3.8) is 0 Å². The lowest BCUT2D eigenvalue weighted by atomic mass is 10.4. The van der Waals surface area contributed by atoms with E-state index in [1.165, 1.54) is 0 Å². The monoisotopic (exact) mass is 243 g/mol. The van der Waals surface area contributed by atoms with Crippen LogP contribution in [0.25, 0.3) is 0 Å². The summed E-state index contributed by atoms with van der Waals surface area (Å²) in [5.41, 5.74) is 0. The molecule has 1 rings (SSSR count). The van der Waals surface area contributed by atoms with Gasteiger partial charge in [-0.1, -0.05) is 0 Å². The number of nitrogens with zero attached hydrogens (tertiary/aromatic N) is 1. The van der Waals surface area contributed by atoms with Gasteiger partial charge in [-0.05, 0) is 0 Å². The van der Waals surface area contributed by atoms with Crippen molar-refractivity contribution in [3.05, 3.63) is 0 Å². The normalized spacial score (nSPS) is 21.1. The molecule has 0 radical (unpaired) electrons. The molecule has 0 saturated carbocycles. The Bertz CT molecular complexity index is 276. The summed E-state index contributed by atoms with van der Waals surface area (Å²) in [6, 6.07) is 0. The Morgan fingerprint density at radius 2 is 1.79 bits per heavy atom. The summed E-state index contributed by atoms with van der Waals surface area (Å²) in [7, 11) is -2.84. The summed E-state index contributed by atoms with van der Waals surface area (Å²) in [5.74, 6) is -0.521. The Morgan fingerprint density at radius 3 is 2.21 bits per heavy atom. The Balaban J connectivity index is 0.00000169. The van der Waals surface area contributed by atoms with Crippen molar-refractivity contribution in [3.8, 4) is 0 Å². The highest BCUT2D eigenvalue weighted by molar-refractivity contribution is 7.91. The topological polar surface area (TPSA) is 74.7 Å². The molecule has 1 aliphatic rings. The molecule has 1 fully saturated rings. The van der Waals surface area contributed by atoms with Crippen molar-refractivity contribution in [2.75, 3.05) is 31.1 Å². The van der Waals surface area contributed by atoms with Crippen LogP contribution in [-0.2, 0) is 14.6 Å². The van der Waals surface area contributed by atoms with E-state index >= 15 is 0 Å². The molecule has 1 N–H and O–H groups in total. The first kappa shape index (κ1) is 13.7. The first-order valence-corrected chi connectivity index (χ1v) is 5.96. The number of hydrogen-bond acceptors (Lipinski definition) is 4. The molecule has 0 aromatic heterocycles. The predicted molar refractivity (Wildman–Crippen MR) is 54.6 cm³/mol. The Kier molecular flexibility index (Phi) is 5.40. The summed E-state index contributed by atoms with van der Waals surface area (Å²) < 4.78 is 22.0. The van der Waals surface area contributed by atoms with Gasteiger partial charge in [0.15, 0.2) is 9.84 Å². The van der Waals surface area contributed by atoms with Crippen LogP contribution < -0.4 is 0 Å². The van der Waals surface area contributed by atoms with Crippen molar-refractivity contribution in [2.24, 2.45) is 0 Å². The fourth-order valence-corrected chi connectivity index (χ4v) is 2.50. The molecule has 0 bridgehead atoms. The number of hydrogen-bond donors (Lipinski definition) is 1. The van der Waals surface area contributed by atoms with E-state index < -0.39 is 15.8 Å². The maximum Gasteiger partial charge on any atom is 0.304 e. The fraction of sp³-hybridized carbons (Fsp3) is 0.857. The third-order valence-corrected chi connectivity index (χ3v) is 3.69. The van der Waals surface area contributed by atoms with Crippen LogP contribution in [0.4, 0.5) is 0 Å². The second kappa shape index (κ2) is 5.53. The lowest BCUT2D eigenvalue weighted by Crippen LogP contribution is -2.41. The average Bonchev–Trinajstić information content (AvgIpc) is 2.02. The molecule has 1 saturated heterocycles. The van der Waals surface area contributed by atoms with E-state index in [0.717, 1.165) is 0 Å². The summed E-state index contributed by atoms with van der Waals surface area (Å²) in [6.07, 6.45) is 0.0834. The van der Waals surface area contributed by atoms with Crippen LogP contribution in [0.2, 0.25) is 0 Å². The molecule has 1 heterocycles. The molecular weight excluding hydrogens is 230 g/mol. The Hall–Kier alpha value is -0.330. The first-order valence-electron chi connectivity index (χ1n) is 4.14. The summed E-state index contributed by atoms with van der Waals surface area (Å²) in [5, 5.41) is 8.40. The molecule has 0 atom stereocenters. The predicted octanol–water partition coefficient (Wildman–Crippen LogP) is -0.387. The SMILES string of the molecule is Cl.O=C(O)CCN1CCS(=O)(=O)CC1. The summed E-state index contributed by atoms with van der Waals surface area (Å²) in [6.45, 7) is 1.38. The highest BCUT2D eigenvalue weighted by Gasteiger charge is 2.21. The van der Waals surface area contributed by atoms with Crippen LogP contribution in [-0.4, -0.2) is 55.5 Å². The zero-order valence-electron chi connectivity index (χ0n) is 7.68. The largest absolute Gasteiger partial charge is 0.481 e. The van der Waals surface area contributed by atoms with E-state index in [9.17, 15) is 13.2 Å². The average molecular weight is 244 g/mol. The van der Waals surface area contributed by atoms with Crippen LogP contribution in [0.15, 0.2) is 0 Å². The number of carbonyl (C=O) groups is 1. The van der Waals surface area contributed by atoms with E-state index in [-0.39, 0.29) is 30.3 Å². The van der Waals surface area contributed by atoms with Crippen molar-refractivity contribution in [1.82, 2.24) is 4.90 Å². The maximum atomic E-state index is 11.0. The molecule has 0 unspecified atom stereocenters. The molecule has 0 aliphatic carbocycles. The molecule has 1 aliphatic heterocycles. The van der Waals surface area contributed by atoms with Crippen molar-refractivity contribution in [2.45, 2.75) is 6.42 Å². The number of aliphatic carboxylic acids is 1. The molecular formula is C7H14ClNO4S. The highest BCUT2D eigenvalue weighted by Crippen LogP contribution is 2.03. The van der Waals surface area contributed by atoms with Crippen LogP contribution in [0.5, 0.6) is 0 Å². The quantitative estimate of drug-likeness (QED) is 0.731. The zero-order valence-corrected chi connectivity index (χ0v) is 9.31. The third kappa shape index (κ3) is 4.78. The Morgan fingerprint density at radius 1 is 1.29 bits per heavy atom. The molecule has 7 heteroatoms. The molecule has 5 nitrogen and oxygen atoms in total. The third-order valence-electron chi connectivity index (χ3n) is 2.08. The number of sulfone groups is 1. The summed E-state index contributed by atoms with van der Waals surface area (Å²) in [4.78, 5) is 12.1. The number of carboxylic acid groups (broad SMARTS) is 1. The molecule has 0 amide bonds. The second-order valence-corrected chi connectivity index (χ2v) is 5.44. The lowest BCUT2D eigenvalue weighted by Gasteiger charge is -2.25. The van der Waals surface area contributed by atoms with Crippen LogP contribution in [0, 0.1) is 0 Å². The standard InChI is InChI=1S/C7H13NO4S.ClH/c9-7(10)1-2-8-3-5-13(11,12)6-4-8;/h1-6H2,(H,9,10);1H. The lowest BCUT2D eigenvalue weighted by molar-refractivity contribution is -0.137. The van der Waals surface area contributed by atoms with E-state index in [1.807, 2.05) is 4.90 Å². The molecule has 84 valence electrons. The highest BCUT2D eigenvalue weighted by atomic mass is 35.5. The van der Waals surface area contributed by atoms with E-state index in [0.29, 0.717) is 19.6 Å². The van der Waals surface area contributed by atoms with Gasteiger partial charge in [0, 0.05) is 19.6 Å². The zero-order chi connectivity index (χ0) is 9.90. The van der Waals surface area contributed by atoms with Gasteiger partial charge in [0.25, 0.3) is 0 Å². The first-order chi connectivity index (χ1) is 5.99. The van der Waals surface area contributed by atoms with Gasteiger partial charge in [-0.2, -0.15) is 0 Å². The van der Waals surface area contributed by atoms with Crippen LogP contribution >= 0.6 is 12.4 Å². The van der Waals surface area contributed by atoms with E-state index in [1.54, 1.807) is 0 Å². The maximum absolute atomic E-state index is 11.0. The van der Waals surface area contributed by atoms with Crippen LogP contribution in [0.1, 0.15) is 6.42 Å². The number of carboxylic acids is 1. The number of rotatable bonds is 3. The van der Waals surface area contributed by atoms with Crippen molar-refractivity contribution >= 4 is 28.2 Å². The van der Waals surface area contributed by atoms with Gasteiger partial charge in [-0.15, -0.1) is 12.4 Å². The minimum absolute atomic E-state index is 0. The van der Waals surface area contributed by atoms with Gasteiger partial charge in [-0.3, -0.25) is 4.79 Å². The Labute approximate surface area is 89.4 Å². The minimum atomic E-state index is -2.84. The number of halogens is 1. The fourth-order valence-electron chi connectivity index (χ4n) is 1.23. The minimum Gasteiger partial charge on any atom is -0.481 e. The van der Waals surface area contributed by atoms with Crippen LogP contribution in [0.3, 0.4) is 0 Å².